The number of nitrogens with zero attached hydrogens (tertiary/aromatic N) is 1. The van der Waals surface area contributed by atoms with Crippen molar-refractivity contribution in [3.05, 3.63) is 29.4 Å². The molecular weight excluding hydrogens is 172 g/mol. The Bertz CT molecular complexity index is 268. The number of H-pyrrole nitrogens is 1. The highest BCUT2D eigenvalue weighted by molar-refractivity contribution is 5.06. The van der Waals surface area contributed by atoms with Gasteiger partial charge >= 0.3 is 0 Å². The summed E-state index contributed by atoms with van der Waals surface area (Å²) in [7, 11) is 0. The van der Waals surface area contributed by atoms with Gasteiger partial charge in [-0.25, -0.2) is 4.98 Å². The molecule has 0 aliphatic carbocycles. The van der Waals surface area contributed by atoms with Crippen molar-refractivity contribution in [2.24, 2.45) is 0 Å². The molecule has 0 amide bonds. The van der Waals surface area contributed by atoms with Crippen LogP contribution in [0.2, 0.25) is 0 Å². The van der Waals surface area contributed by atoms with E-state index in [1.807, 2.05) is 20.0 Å². The highest BCUT2D eigenvalue weighted by Crippen LogP contribution is 2.00. The zero-order valence-electron chi connectivity index (χ0n) is 10.0. The van der Waals surface area contributed by atoms with Gasteiger partial charge in [0.15, 0.2) is 0 Å². The van der Waals surface area contributed by atoms with Gasteiger partial charge in [-0.3, -0.25) is 0 Å². The van der Waals surface area contributed by atoms with Crippen molar-refractivity contribution in [1.29, 1.82) is 0 Å². The van der Waals surface area contributed by atoms with E-state index in [1.165, 1.54) is 11.3 Å². The first-order chi connectivity index (χ1) is 6.72. The van der Waals surface area contributed by atoms with E-state index in [0.29, 0.717) is 0 Å². The minimum atomic E-state index is 0.919. The third-order valence-electron chi connectivity index (χ3n) is 1.77. The van der Waals surface area contributed by atoms with Crippen LogP contribution in [0, 0.1) is 0 Å². The van der Waals surface area contributed by atoms with E-state index in [1.54, 1.807) is 0 Å². The molecule has 0 aliphatic heterocycles. The molecule has 2 heteroatoms. The lowest BCUT2D eigenvalue weighted by Crippen LogP contribution is -1.85. The van der Waals surface area contributed by atoms with Crippen LogP contribution in [0.5, 0.6) is 0 Å². The average molecular weight is 194 g/mol. The Morgan fingerprint density at radius 2 is 2.07 bits per heavy atom. The number of aryl methyl sites for hydroxylation is 1. The first-order valence-corrected chi connectivity index (χ1v) is 5.38. The minimum Gasteiger partial charge on any atom is -0.346 e. The molecule has 1 rings (SSSR count). The molecule has 1 aromatic rings. The van der Waals surface area contributed by atoms with Gasteiger partial charge in [-0.15, -0.1) is 0 Å². The molecule has 0 bridgehead atoms. The van der Waals surface area contributed by atoms with Gasteiger partial charge in [0.25, 0.3) is 0 Å². The molecule has 0 saturated heterocycles. The Morgan fingerprint density at radius 1 is 1.43 bits per heavy atom. The van der Waals surface area contributed by atoms with E-state index in [9.17, 15) is 0 Å². The molecule has 14 heavy (non-hydrogen) atoms. The van der Waals surface area contributed by atoms with E-state index in [4.69, 9.17) is 0 Å². The Kier molecular flexibility index (Phi) is 6.81. The van der Waals surface area contributed by atoms with E-state index in [0.717, 1.165) is 18.7 Å². The molecule has 0 spiro atoms. The second-order valence-corrected chi connectivity index (χ2v) is 3.19. The van der Waals surface area contributed by atoms with Crippen molar-refractivity contribution in [1.82, 2.24) is 9.97 Å². The predicted molar refractivity (Wildman–Crippen MR) is 62.4 cm³/mol. The van der Waals surface area contributed by atoms with Crippen molar-refractivity contribution < 1.29 is 0 Å². The molecule has 0 unspecified atom stereocenters. The van der Waals surface area contributed by atoms with Crippen LogP contribution < -0.4 is 0 Å². The Labute approximate surface area is 87.5 Å². The number of imidazole rings is 1. The standard InChI is InChI=1S/C10H16N2.C2H6/c1-4-9-7-11-10(12-9)6-5-8(2)3;1-2/h5,7H,4,6H2,1-3H3,(H,11,12);1-2H3. The molecule has 0 saturated carbocycles. The molecule has 0 fully saturated rings. The van der Waals surface area contributed by atoms with Gasteiger partial charge in [0.1, 0.15) is 5.82 Å². The highest BCUT2D eigenvalue weighted by Gasteiger charge is 1.95. The van der Waals surface area contributed by atoms with Crippen molar-refractivity contribution in [3.63, 3.8) is 0 Å². The summed E-state index contributed by atoms with van der Waals surface area (Å²) in [4.78, 5) is 7.52. The van der Waals surface area contributed by atoms with Crippen molar-refractivity contribution in [2.45, 2.75) is 47.5 Å². The van der Waals surface area contributed by atoms with Crippen LogP contribution in [0.1, 0.15) is 46.1 Å². The SMILES string of the molecule is CC.CCc1cnc(CC=C(C)C)[nH]1. The first kappa shape index (κ1) is 12.9. The quantitative estimate of drug-likeness (QED) is 0.733. The van der Waals surface area contributed by atoms with Crippen LogP contribution >= 0.6 is 0 Å². The van der Waals surface area contributed by atoms with Crippen molar-refractivity contribution in [2.75, 3.05) is 0 Å². The molecule has 0 aliphatic rings. The number of hydrogen-bond donors (Lipinski definition) is 1. The fourth-order valence-electron chi connectivity index (χ4n) is 0.990. The highest BCUT2D eigenvalue weighted by atomic mass is 14.9. The molecule has 0 radical (unpaired) electrons. The number of hydrogen-bond acceptors (Lipinski definition) is 1. The van der Waals surface area contributed by atoms with Crippen molar-refractivity contribution in [3.8, 4) is 0 Å². The smallest absolute Gasteiger partial charge is 0.110 e. The van der Waals surface area contributed by atoms with Crippen molar-refractivity contribution >= 4 is 0 Å². The van der Waals surface area contributed by atoms with Crippen LogP contribution in [0.3, 0.4) is 0 Å². The van der Waals surface area contributed by atoms with Crippen LogP contribution in [0.4, 0.5) is 0 Å². The van der Waals surface area contributed by atoms with Gasteiger partial charge in [-0.1, -0.05) is 32.4 Å². The summed E-state index contributed by atoms with van der Waals surface area (Å²) in [5, 5.41) is 0. The molecular formula is C12H22N2. The molecule has 0 aromatic carbocycles. The number of rotatable bonds is 3. The summed E-state index contributed by atoms with van der Waals surface area (Å²) in [6.07, 6.45) is 6.04. The maximum atomic E-state index is 4.26. The van der Waals surface area contributed by atoms with Crippen LogP contribution in [0.25, 0.3) is 0 Å². The van der Waals surface area contributed by atoms with Gasteiger partial charge in [0.2, 0.25) is 0 Å². The fourth-order valence-corrected chi connectivity index (χ4v) is 0.990. The second-order valence-electron chi connectivity index (χ2n) is 3.19. The molecule has 2 nitrogen and oxygen atoms in total. The van der Waals surface area contributed by atoms with Crippen LogP contribution in [-0.2, 0) is 12.8 Å². The largest absolute Gasteiger partial charge is 0.346 e. The summed E-state index contributed by atoms with van der Waals surface area (Å²) in [5.41, 5.74) is 2.55. The first-order valence-electron chi connectivity index (χ1n) is 5.38. The molecule has 1 N–H and O–H groups in total. The number of nitrogens with one attached hydrogen (secondary N) is 1. The maximum Gasteiger partial charge on any atom is 0.110 e. The van der Waals surface area contributed by atoms with Crippen LogP contribution in [-0.4, -0.2) is 9.97 Å². The van der Waals surface area contributed by atoms with Gasteiger partial charge in [-0.2, -0.15) is 0 Å². The zero-order valence-corrected chi connectivity index (χ0v) is 10.0. The normalized spacial score (nSPS) is 8.93. The van der Waals surface area contributed by atoms with Gasteiger partial charge < -0.3 is 4.98 Å². The number of aromatic amines is 1. The van der Waals surface area contributed by atoms with E-state index >= 15 is 0 Å². The lowest BCUT2D eigenvalue weighted by Gasteiger charge is -1.90. The Hall–Kier alpha value is -1.05. The van der Waals surface area contributed by atoms with E-state index < -0.39 is 0 Å². The van der Waals surface area contributed by atoms with Gasteiger partial charge in [0.05, 0.1) is 0 Å². The Balaban J connectivity index is 0.000000791. The summed E-state index contributed by atoms with van der Waals surface area (Å²) in [6, 6.07) is 0. The molecule has 0 atom stereocenters. The molecule has 1 aromatic heterocycles. The average Bonchev–Trinajstić information content (AvgIpc) is 2.65. The summed E-state index contributed by atoms with van der Waals surface area (Å²) >= 11 is 0. The van der Waals surface area contributed by atoms with Crippen LogP contribution in [0.15, 0.2) is 17.8 Å². The van der Waals surface area contributed by atoms with E-state index in [-0.39, 0.29) is 0 Å². The molecule has 80 valence electrons. The molecule has 1 heterocycles. The van der Waals surface area contributed by atoms with E-state index in [2.05, 4.69) is 36.8 Å². The predicted octanol–water partition coefficient (Wildman–Crippen LogP) is 3.51. The topological polar surface area (TPSA) is 28.7 Å². The number of allylic oxidation sites excluding steroid dienone is 2. The zero-order chi connectivity index (χ0) is 11.0. The van der Waals surface area contributed by atoms with Gasteiger partial charge in [0, 0.05) is 18.3 Å². The van der Waals surface area contributed by atoms with Gasteiger partial charge in [-0.05, 0) is 20.3 Å². The minimum absolute atomic E-state index is 0.919. The Morgan fingerprint density at radius 3 is 2.50 bits per heavy atom. The third kappa shape index (κ3) is 4.85. The lowest BCUT2D eigenvalue weighted by molar-refractivity contribution is 0.999. The summed E-state index contributed by atoms with van der Waals surface area (Å²) < 4.78 is 0. The summed E-state index contributed by atoms with van der Waals surface area (Å²) in [5.74, 6) is 1.06. The number of aromatic nitrogens is 2. The monoisotopic (exact) mass is 194 g/mol. The third-order valence-corrected chi connectivity index (χ3v) is 1.77. The summed E-state index contributed by atoms with van der Waals surface area (Å²) in [6.45, 7) is 10.3. The fraction of sp³-hybridized carbons (Fsp3) is 0.583. The lowest BCUT2D eigenvalue weighted by atomic mass is 10.2. The second kappa shape index (κ2) is 7.36. The maximum absolute atomic E-state index is 4.26.